The van der Waals surface area contributed by atoms with E-state index in [-0.39, 0.29) is 0 Å². The van der Waals surface area contributed by atoms with Gasteiger partial charge in [-0.05, 0) is 24.3 Å². The third-order valence-electron chi connectivity index (χ3n) is 2.30. The van der Waals surface area contributed by atoms with E-state index in [2.05, 4.69) is 15.0 Å². The van der Waals surface area contributed by atoms with Crippen LogP contribution in [0.4, 0.5) is 0 Å². The second kappa shape index (κ2) is 5.25. The lowest BCUT2D eigenvalue weighted by Crippen LogP contribution is -1.82. The Bertz CT molecular complexity index is 551. The van der Waals surface area contributed by atoms with E-state index in [1.54, 1.807) is 6.20 Å². The van der Waals surface area contributed by atoms with E-state index < -0.39 is 0 Å². The average Bonchev–Trinajstić information content (AvgIpc) is 2.86. The smallest absolute Gasteiger partial charge is 0.157 e. The van der Waals surface area contributed by atoms with Gasteiger partial charge in [0.05, 0.1) is 11.0 Å². The van der Waals surface area contributed by atoms with Crippen molar-refractivity contribution in [3.05, 3.63) is 48.7 Å². The van der Waals surface area contributed by atoms with Gasteiger partial charge in [0.1, 0.15) is 5.69 Å². The number of H-pyrrole nitrogens is 1. The maximum atomic E-state index is 4.46. The number of benzene rings is 1. The zero-order chi connectivity index (χ0) is 12.1. The SMILES string of the molecule is CC.c1ccc(-c2nc3ccccc3[nH]2)nc1. The highest BCUT2D eigenvalue weighted by atomic mass is 14.9. The number of aromatic nitrogens is 3. The molecule has 17 heavy (non-hydrogen) atoms. The fourth-order valence-electron chi connectivity index (χ4n) is 1.58. The summed E-state index contributed by atoms with van der Waals surface area (Å²) in [6.07, 6.45) is 1.77. The number of hydrogen-bond donors (Lipinski definition) is 1. The first-order chi connectivity index (χ1) is 8.43. The van der Waals surface area contributed by atoms with E-state index in [0.717, 1.165) is 22.6 Å². The predicted octanol–water partition coefficient (Wildman–Crippen LogP) is 3.65. The number of fused-ring (bicyclic) bond motifs is 1. The lowest BCUT2D eigenvalue weighted by atomic mass is 10.3. The molecule has 0 aliphatic heterocycles. The molecule has 2 heterocycles. The van der Waals surface area contributed by atoms with E-state index in [4.69, 9.17) is 0 Å². The molecule has 86 valence electrons. The molecule has 3 rings (SSSR count). The van der Waals surface area contributed by atoms with E-state index in [0.29, 0.717) is 0 Å². The monoisotopic (exact) mass is 225 g/mol. The van der Waals surface area contributed by atoms with Crippen LogP contribution < -0.4 is 0 Å². The Hall–Kier alpha value is -2.16. The Labute approximate surface area is 101 Å². The first-order valence-electron chi connectivity index (χ1n) is 5.80. The molecular formula is C14H15N3. The molecule has 0 spiro atoms. The van der Waals surface area contributed by atoms with Gasteiger partial charge >= 0.3 is 0 Å². The number of rotatable bonds is 1. The molecule has 0 radical (unpaired) electrons. The van der Waals surface area contributed by atoms with Crippen molar-refractivity contribution in [3.63, 3.8) is 0 Å². The standard InChI is InChI=1S/C12H9N3.C2H6/c1-2-6-10-9(5-1)14-12(15-10)11-7-3-4-8-13-11;1-2/h1-8H,(H,14,15);1-2H3. The molecule has 0 aliphatic rings. The van der Waals surface area contributed by atoms with E-state index in [9.17, 15) is 0 Å². The van der Waals surface area contributed by atoms with Gasteiger partial charge in [-0.15, -0.1) is 0 Å². The Morgan fingerprint density at radius 2 is 1.71 bits per heavy atom. The Balaban J connectivity index is 0.000000514. The van der Waals surface area contributed by atoms with Crippen LogP contribution in [-0.4, -0.2) is 15.0 Å². The molecule has 0 aliphatic carbocycles. The number of aromatic amines is 1. The van der Waals surface area contributed by atoms with E-state index in [1.807, 2.05) is 56.3 Å². The van der Waals surface area contributed by atoms with Crippen LogP contribution in [0.5, 0.6) is 0 Å². The lowest BCUT2D eigenvalue weighted by Gasteiger charge is -1.92. The fourth-order valence-corrected chi connectivity index (χ4v) is 1.58. The summed E-state index contributed by atoms with van der Waals surface area (Å²) in [4.78, 5) is 12.0. The van der Waals surface area contributed by atoms with Crippen LogP contribution in [0.2, 0.25) is 0 Å². The summed E-state index contributed by atoms with van der Waals surface area (Å²) in [6.45, 7) is 4.00. The van der Waals surface area contributed by atoms with E-state index in [1.165, 1.54) is 0 Å². The van der Waals surface area contributed by atoms with Crippen LogP contribution in [0, 0.1) is 0 Å². The van der Waals surface area contributed by atoms with Gasteiger partial charge < -0.3 is 4.98 Å². The topological polar surface area (TPSA) is 41.6 Å². The minimum atomic E-state index is 0.816. The highest BCUT2D eigenvalue weighted by molar-refractivity contribution is 5.78. The van der Waals surface area contributed by atoms with Gasteiger partial charge in [0, 0.05) is 6.20 Å². The quantitative estimate of drug-likeness (QED) is 0.686. The minimum Gasteiger partial charge on any atom is -0.337 e. The second-order valence-electron chi connectivity index (χ2n) is 3.32. The van der Waals surface area contributed by atoms with Crippen LogP contribution in [0.3, 0.4) is 0 Å². The maximum Gasteiger partial charge on any atom is 0.157 e. The number of imidazole rings is 1. The van der Waals surface area contributed by atoms with Crippen molar-refractivity contribution < 1.29 is 0 Å². The molecule has 1 N–H and O–H groups in total. The number of nitrogens with zero attached hydrogens (tertiary/aromatic N) is 2. The summed E-state index contributed by atoms with van der Waals surface area (Å²) in [6, 6.07) is 13.8. The number of para-hydroxylation sites is 2. The van der Waals surface area contributed by atoms with Crippen LogP contribution in [0.1, 0.15) is 13.8 Å². The molecule has 0 saturated heterocycles. The van der Waals surface area contributed by atoms with Gasteiger partial charge in [0.2, 0.25) is 0 Å². The first-order valence-corrected chi connectivity index (χ1v) is 5.80. The van der Waals surface area contributed by atoms with E-state index >= 15 is 0 Å². The summed E-state index contributed by atoms with van der Waals surface area (Å²) in [5.74, 6) is 0.816. The van der Waals surface area contributed by atoms with Crippen molar-refractivity contribution in [2.45, 2.75) is 13.8 Å². The summed E-state index contributed by atoms with van der Waals surface area (Å²) >= 11 is 0. The van der Waals surface area contributed by atoms with Crippen molar-refractivity contribution in [1.82, 2.24) is 15.0 Å². The predicted molar refractivity (Wildman–Crippen MR) is 70.7 cm³/mol. The molecule has 0 saturated carbocycles. The van der Waals surface area contributed by atoms with Gasteiger partial charge in [-0.3, -0.25) is 4.98 Å². The molecule has 3 nitrogen and oxygen atoms in total. The van der Waals surface area contributed by atoms with Gasteiger partial charge in [-0.2, -0.15) is 0 Å². The fraction of sp³-hybridized carbons (Fsp3) is 0.143. The summed E-state index contributed by atoms with van der Waals surface area (Å²) in [5.41, 5.74) is 2.88. The van der Waals surface area contributed by atoms with Crippen LogP contribution >= 0.6 is 0 Å². The Morgan fingerprint density at radius 3 is 2.41 bits per heavy atom. The van der Waals surface area contributed by atoms with Crippen molar-refractivity contribution in [3.8, 4) is 11.5 Å². The van der Waals surface area contributed by atoms with Crippen molar-refractivity contribution in [2.75, 3.05) is 0 Å². The normalized spacial score (nSPS) is 9.76. The molecular weight excluding hydrogens is 210 g/mol. The zero-order valence-corrected chi connectivity index (χ0v) is 10.0. The minimum absolute atomic E-state index is 0.816. The Morgan fingerprint density at radius 1 is 0.941 bits per heavy atom. The lowest BCUT2D eigenvalue weighted by molar-refractivity contribution is 1.24. The number of hydrogen-bond acceptors (Lipinski definition) is 2. The molecule has 0 fully saturated rings. The molecule has 0 bridgehead atoms. The Kier molecular flexibility index (Phi) is 3.50. The van der Waals surface area contributed by atoms with Crippen molar-refractivity contribution in [1.29, 1.82) is 0 Å². The molecule has 0 amide bonds. The van der Waals surface area contributed by atoms with Gasteiger partial charge in [0.15, 0.2) is 5.82 Å². The van der Waals surface area contributed by atoms with Crippen molar-refractivity contribution in [2.24, 2.45) is 0 Å². The van der Waals surface area contributed by atoms with Crippen LogP contribution in [0.15, 0.2) is 48.7 Å². The molecule has 3 aromatic rings. The molecule has 3 heteroatoms. The van der Waals surface area contributed by atoms with Gasteiger partial charge in [0.25, 0.3) is 0 Å². The number of pyridine rings is 1. The molecule has 2 aromatic heterocycles. The molecule has 1 aromatic carbocycles. The molecule has 0 atom stereocenters. The van der Waals surface area contributed by atoms with Crippen LogP contribution in [0.25, 0.3) is 22.6 Å². The highest BCUT2D eigenvalue weighted by Gasteiger charge is 2.04. The maximum absolute atomic E-state index is 4.46. The third kappa shape index (κ3) is 2.33. The highest BCUT2D eigenvalue weighted by Crippen LogP contribution is 2.17. The number of nitrogens with one attached hydrogen (secondary N) is 1. The van der Waals surface area contributed by atoms with Gasteiger partial charge in [-0.25, -0.2) is 4.98 Å². The van der Waals surface area contributed by atoms with Crippen molar-refractivity contribution >= 4 is 11.0 Å². The van der Waals surface area contributed by atoms with Crippen LogP contribution in [-0.2, 0) is 0 Å². The summed E-state index contributed by atoms with van der Waals surface area (Å²) < 4.78 is 0. The first kappa shape index (κ1) is 11.3. The van der Waals surface area contributed by atoms with Gasteiger partial charge in [-0.1, -0.05) is 32.0 Å². The average molecular weight is 225 g/mol. The molecule has 0 unspecified atom stereocenters. The summed E-state index contributed by atoms with van der Waals surface area (Å²) in [5, 5.41) is 0. The largest absolute Gasteiger partial charge is 0.337 e. The second-order valence-corrected chi connectivity index (χ2v) is 3.32. The third-order valence-corrected chi connectivity index (χ3v) is 2.30. The zero-order valence-electron chi connectivity index (χ0n) is 10.0. The summed E-state index contributed by atoms with van der Waals surface area (Å²) in [7, 11) is 0.